The van der Waals surface area contributed by atoms with Gasteiger partial charge in [-0.3, -0.25) is 14.4 Å². The van der Waals surface area contributed by atoms with Crippen molar-refractivity contribution in [1.82, 2.24) is 0 Å². The van der Waals surface area contributed by atoms with E-state index in [2.05, 4.69) is 0 Å². The number of ketones is 3. The molecule has 0 aromatic heterocycles. The molecular weight excluding hydrogens is 276 g/mol. The lowest BCUT2D eigenvalue weighted by atomic mass is 9.94. The highest BCUT2D eigenvalue weighted by molar-refractivity contribution is 6.34. The Bertz CT molecular complexity index is 810. The maximum Gasteiger partial charge on any atom is 0.197 e. The summed E-state index contributed by atoms with van der Waals surface area (Å²) in [5, 5.41) is 0. The van der Waals surface area contributed by atoms with Crippen molar-refractivity contribution in [2.45, 2.75) is 0 Å². The highest BCUT2D eigenvalue weighted by Gasteiger charge is 2.21. The van der Waals surface area contributed by atoms with E-state index in [1.54, 1.807) is 12.1 Å². The van der Waals surface area contributed by atoms with Crippen LogP contribution in [0.2, 0.25) is 0 Å². The zero-order chi connectivity index (χ0) is 15.5. The molecule has 0 aliphatic heterocycles. The van der Waals surface area contributed by atoms with Gasteiger partial charge in [0.05, 0.1) is 5.57 Å². The van der Waals surface area contributed by atoms with E-state index in [0.29, 0.717) is 5.56 Å². The molecule has 2 aromatic rings. The molecule has 0 saturated carbocycles. The SMILES string of the molecule is O=C1C=CC(=O)C(C(=O)c2ccc(-c3ccccc3)cc2)=C1. The summed E-state index contributed by atoms with van der Waals surface area (Å²) in [5.41, 5.74) is 2.34. The van der Waals surface area contributed by atoms with E-state index in [1.807, 2.05) is 42.5 Å². The molecule has 1 aliphatic rings. The molecule has 3 rings (SSSR count). The van der Waals surface area contributed by atoms with Crippen molar-refractivity contribution in [3.63, 3.8) is 0 Å². The van der Waals surface area contributed by atoms with Crippen LogP contribution >= 0.6 is 0 Å². The van der Waals surface area contributed by atoms with Gasteiger partial charge in [-0.2, -0.15) is 0 Å². The summed E-state index contributed by atoms with van der Waals surface area (Å²) < 4.78 is 0. The summed E-state index contributed by atoms with van der Waals surface area (Å²) >= 11 is 0. The van der Waals surface area contributed by atoms with Gasteiger partial charge >= 0.3 is 0 Å². The molecule has 2 aromatic carbocycles. The standard InChI is InChI=1S/C19H12O3/c20-16-10-11-18(21)17(12-16)19(22)15-8-6-14(7-9-15)13-4-2-1-3-5-13/h1-12H. The minimum Gasteiger partial charge on any atom is -0.290 e. The quantitative estimate of drug-likeness (QED) is 0.495. The lowest BCUT2D eigenvalue weighted by molar-refractivity contribution is -0.114. The monoisotopic (exact) mass is 288 g/mol. The van der Waals surface area contributed by atoms with Gasteiger partial charge in [0, 0.05) is 11.6 Å². The lowest BCUT2D eigenvalue weighted by Gasteiger charge is -2.07. The number of Topliss-reactive ketones (excluding diaryl/α,β-unsaturated/α-hetero) is 1. The minimum atomic E-state index is -0.434. The second-order valence-electron chi connectivity index (χ2n) is 4.93. The predicted octanol–water partition coefficient (Wildman–Crippen LogP) is 3.17. The number of hydrogen-bond donors (Lipinski definition) is 0. The maximum atomic E-state index is 12.3. The first kappa shape index (κ1) is 13.9. The Hall–Kier alpha value is -3.07. The van der Waals surface area contributed by atoms with Gasteiger partial charge in [-0.15, -0.1) is 0 Å². The van der Waals surface area contributed by atoms with Gasteiger partial charge in [-0.1, -0.05) is 54.6 Å². The molecule has 0 radical (unpaired) electrons. The molecule has 0 N–H and O–H groups in total. The van der Waals surface area contributed by atoms with E-state index in [0.717, 1.165) is 29.4 Å². The van der Waals surface area contributed by atoms with E-state index in [9.17, 15) is 14.4 Å². The molecule has 0 bridgehead atoms. The molecule has 0 atom stereocenters. The van der Waals surface area contributed by atoms with Crippen molar-refractivity contribution in [3.05, 3.63) is 84.0 Å². The fourth-order valence-corrected chi connectivity index (χ4v) is 2.29. The second-order valence-corrected chi connectivity index (χ2v) is 4.93. The first-order valence-corrected chi connectivity index (χ1v) is 6.83. The minimum absolute atomic E-state index is 0.0834. The van der Waals surface area contributed by atoms with Crippen LogP contribution in [0.1, 0.15) is 10.4 Å². The molecule has 0 spiro atoms. The highest BCUT2D eigenvalue weighted by Crippen LogP contribution is 2.21. The molecule has 0 heterocycles. The van der Waals surface area contributed by atoms with E-state index in [1.165, 1.54) is 0 Å². The third-order valence-corrected chi connectivity index (χ3v) is 3.45. The van der Waals surface area contributed by atoms with Gasteiger partial charge in [0.15, 0.2) is 17.3 Å². The second kappa shape index (κ2) is 5.74. The Morgan fingerprint density at radius 1 is 0.727 bits per heavy atom. The van der Waals surface area contributed by atoms with Crippen LogP contribution in [0.25, 0.3) is 11.1 Å². The van der Waals surface area contributed by atoms with Crippen molar-refractivity contribution in [1.29, 1.82) is 0 Å². The van der Waals surface area contributed by atoms with Gasteiger partial charge in [0.2, 0.25) is 0 Å². The van der Waals surface area contributed by atoms with Crippen molar-refractivity contribution in [2.75, 3.05) is 0 Å². The van der Waals surface area contributed by atoms with Crippen LogP contribution < -0.4 is 0 Å². The summed E-state index contributed by atoms with van der Waals surface area (Å²) in [5.74, 6) is -1.21. The summed E-state index contributed by atoms with van der Waals surface area (Å²) in [6.07, 6.45) is 3.39. The topological polar surface area (TPSA) is 51.2 Å². The van der Waals surface area contributed by atoms with Crippen LogP contribution in [0.15, 0.2) is 78.4 Å². The Kier molecular flexibility index (Phi) is 3.62. The third kappa shape index (κ3) is 2.69. The fraction of sp³-hybridized carbons (Fsp3) is 0. The first-order valence-electron chi connectivity index (χ1n) is 6.83. The largest absolute Gasteiger partial charge is 0.290 e. The van der Waals surface area contributed by atoms with Crippen LogP contribution in [0.5, 0.6) is 0 Å². The smallest absolute Gasteiger partial charge is 0.197 e. The average Bonchev–Trinajstić information content (AvgIpc) is 2.57. The van der Waals surface area contributed by atoms with Crippen LogP contribution in [0, 0.1) is 0 Å². The molecule has 0 unspecified atom stereocenters. The number of benzene rings is 2. The highest BCUT2D eigenvalue weighted by atomic mass is 16.2. The Morgan fingerprint density at radius 2 is 1.36 bits per heavy atom. The van der Waals surface area contributed by atoms with E-state index in [4.69, 9.17) is 0 Å². The first-order chi connectivity index (χ1) is 10.6. The third-order valence-electron chi connectivity index (χ3n) is 3.45. The molecule has 22 heavy (non-hydrogen) atoms. The molecule has 106 valence electrons. The zero-order valence-electron chi connectivity index (χ0n) is 11.7. The maximum absolute atomic E-state index is 12.3. The summed E-state index contributed by atoms with van der Waals surface area (Å²) in [6.45, 7) is 0. The van der Waals surface area contributed by atoms with Gasteiger partial charge in [0.1, 0.15) is 0 Å². The summed E-state index contributed by atoms with van der Waals surface area (Å²) in [4.78, 5) is 35.4. The van der Waals surface area contributed by atoms with Crippen molar-refractivity contribution in [2.24, 2.45) is 0 Å². The number of rotatable bonds is 3. The van der Waals surface area contributed by atoms with Gasteiger partial charge in [0.25, 0.3) is 0 Å². The summed E-state index contributed by atoms with van der Waals surface area (Å²) in [6, 6.07) is 16.8. The van der Waals surface area contributed by atoms with Crippen LogP contribution in [0.4, 0.5) is 0 Å². The molecule has 3 nitrogen and oxygen atoms in total. The average molecular weight is 288 g/mol. The van der Waals surface area contributed by atoms with Crippen molar-refractivity contribution in [3.8, 4) is 11.1 Å². The van der Waals surface area contributed by atoms with Crippen molar-refractivity contribution >= 4 is 17.3 Å². The van der Waals surface area contributed by atoms with Crippen LogP contribution in [-0.4, -0.2) is 17.3 Å². The Labute approximate surface area is 127 Å². The normalized spacial score (nSPS) is 13.9. The van der Waals surface area contributed by atoms with Crippen molar-refractivity contribution < 1.29 is 14.4 Å². The fourth-order valence-electron chi connectivity index (χ4n) is 2.29. The Morgan fingerprint density at radius 3 is 2.05 bits per heavy atom. The Balaban J connectivity index is 1.89. The predicted molar refractivity (Wildman–Crippen MR) is 83.4 cm³/mol. The van der Waals surface area contributed by atoms with Crippen LogP contribution in [0.3, 0.4) is 0 Å². The zero-order valence-corrected chi connectivity index (χ0v) is 11.7. The molecular formula is C19H12O3. The molecule has 1 aliphatic carbocycles. The van der Waals surface area contributed by atoms with Crippen LogP contribution in [-0.2, 0) is 9.59 Å². The van der Waals surface area contributed by atoms with E-state index < -0.39 is 11.6 Å². The molecule has 0 amide bonds. The number of carbonyl (C=O) groups is 3. The molecule has 3 heteroatoms. The number of carbonyl (C=O) groups excluding carboxylic acids is 3. The molecule has 0 saturated heterocycles. The number of allylic oxidation sites excluding steroid dienone is 4. The number of hydrogen-bond acceptors (Lipinski definition) is 3. The van der Waals surface area contributed by atoms with Gasteiger partial charge < -0.3 is 0 Å². The van der Waals surface area contributed by atoms with Gasteiger partial charge in [-0.05, 0) is 23.3 Å². The van der Waals surface area contributed by atoms with E-state index in [-0.39, 0.29) is 11.4 Å². The van der Waals surface area contributed by atoms with Gasteiger partial charge in [-0.25, -0.2) is 0 Å². The molecule has 0 fully saturated rings. The summed E-state index contributed by atoms with van der Waals surface area (Å²) in [7, 11) is 0. The lowest BCUT2D eigenvalue weighted by Crippen LogP contribution is -2.16. The van der Waals surface area contributed by atoms with E-state index >= 15 is 0 Å².